The van der Waals surface area contributed by atoms with Gasteiger partial charge in [0.1, 0.15) is 0 Å². The lowest BCUT2D eigenvalue weighted by atomic mass is 9.53. The second kappa shape index (κ2) is 8.32. The Morgan fingerprint density at radius 3 is 0.773 bits per heavy atom. The first kappa shape index (κ1) is 29.1. The van der Waals surface area contributed by atoms with E-state index in [9.17, 15) is 0 Å². The summed E-state index contributed by atoms with van der Waals surface area (Å²) < 4.78 is 0. The molecule has 0 N–H and O–H groups in total. The van der Waals surface area contributed by atoms with Crippen LogP contribution in [0.5, 0.6) is 0 Å². The molecule has 0 fully saturated rings. The second-order valence-corrected chi connectivity index (χ2v) is 19.6. The summed E-state index contributed by atoms with van der Waals surface area (Å²) in [7, 11) is 0. The highest BCUT2D eigenvalue weighted by molar-refractivity contribution is 5.80. The Hall–Kier alpha value is -2.34. The van der Waals surface area contributed by atoms with Gasteiger partial charge in [-0.2, -0.15) is 0 Å². The Balaban J connectivity index is 1.47. The van der Waals surface area contributed by atoms with Crippen molar-refractivity contribution < 1.29 is 0 Å². The Kier molecular flexibility index (Phi) is 5.50. The summed E-state index contributed by atoms with van der Waals surface area (Å²) in [5.41, 5.74) is 20.1. The Bertz CT molecular complexity index is 1430. The highest BCUT2D eigenvalue weighted by Gasteiger charge is 2.49. The molecule has 6 aliphatic carbocycles. The largest absolute Gasteiger partial charge is 0.0638 e. The van der Waals surface area contributed by atoms with Gasteiger partial charge in [-0.3, -0.25) is 0 Å². The molecule has 3 aromatic rings. The van der Waals surface area contributed by atoms with Crippen LogP contribution in [0.1, 0.15) is 194 Å². The van der Waals surface area contributed by atoms with Gasteiger partial charge in [-0.1, -0.05) is 119 Å². The van der Waals surface area contributed by atoms with Crippen LogP contribution in [0.3, 0.4) is 0 Å². The lowest BCUT2D eigenvalue weighted by molar-refractivity contribution is 0.329. The molecule has 231 valence electrons. The molecule has 0 aliphatic heterocycles. The van der Waals surface area contributed by atoms with Gasteiger partial charge in [-0.25, -0.2) is 0 Å². The molecule has 0 nitrogen and oxygen atoms in total. The fraction of sp³-hybridized carbons (Fsp3) is 0.568. The van der Waals surface area contributed by atoms with Crippen molar-refractivity contribution in [2.75, 3.05) is 0 Å². The van der Waals surface area contributed by atoms with Gasteiger partial charge in [0.05, 0.1) is 5.92 Å². The molecule has 0 heterocycles. The quantitative estimate of drug-likeness (QED) is 0.170. The van der Waals surface area contributed by atoms with E-state index in [0.717, 1.165) is 0 Å². The van der Waals surface area contributed by atoms with Crippen molar-refractivity contribution in [2.45, 2.75) is 160 Å². The van der Waals surface area contributed by atoms with Crippen molar-refractivity contribution >= 4 is 0 Å². The fourth-order valence-electron chi connectivity index (χ4n) is 10.2. The Morgan fingerprint density at radius 2 is 0.545 bits per heavy atom. The first-order valence-electron chi connectivity index (χ1n) is 17.7. The van der Waals surface area contributed by atoms with E-state index in [0.29, 0.717) is 5.92 Å². The van der Waals surface area contributed by atoms with Gasteiger partial charge in [0.25, 0.3) is 0 Å². The molecule has 0 saturated carbocycles. The zero-order valence-corrected chi connectivity index (χ0v) is 29.8. The first-order chi connectivity index (χ1) is 20.3. The van der Waals surface area contributed by atoms with Crippen LogP contribution in [0, 0.1) is 5.92 Å². The molecule has 0 atom stereocenters. The predicted molar refractivity (Wildman–Crippen MR) is 187 cm³/mol. The van der Waals surface area contributed by atoms with E-state index in [1.807, 2.05) is 0 Å². The standard InChI is InChI=1S/C44H55/c1-39(2)13-14-40(3,4)32-20-26-25(19-31(32)39)37-27-21-33-35(43(9,10)17-15-41(33,5)6)23-29(27)38(26)30-24-36-34(22-28(30)37)42(7,8)16-18-44(36,11)12/h19-24,37H,13-18H2,1-12H3. The van der Waals surface area contributed by atoms with Crippen LogP contribution in [0.25, 0.3) is 0 Å². The number of hydrogen-bond acceptors (Lipinski definition) is 0. The summed E-state index contributed by atoms with van der Waals surface area (Å²) in [6.45, 7) is 29.9. The molecule has 2 bridgehead atoms. The maximum atomic E-state index is 2.70. The summed E-state index contributed by atoms with van der Waals surface area (Å²) in [4.78, 5) is 0. The predicted octanol–water partition coefficient (Wildman–Crippen LogP) is 11.6. The molecule has 0 heteroatoms. The van der Waals surface area contributed by atoms with Crippen LogP contribution < -0.4 is 0 Å². The smallest absolute Gasteiger partial charge is 0.0558 e. The Labute approximate surface area is 268 Å². The highest BCUT2D eigenvalue weighted by Crippen LogP contribution is 2.61. The van der Waals surface area contributed by atoms with Gasteiger partial charge in [0, 0.05) is 5.92 Å². The van der Waals surface area contributed by atoms with E-state index in [1.54, 1.807) is 50.1 Å². The highest BCUT2D eigenvalue weighted by atomic mass is 14.5. The number of benzene rings is 3. The van der Waals surface area contributed by atoms with Crippen LogP contribution in [-0.2, 0) is 32.5 Å². The van der Waals surface area contributed by atoms with Crippen molar-refractivity contribution in [2.24, 2.45) is 0 Å². The zero-order valence-electron chi connectivity index (χ0n) is 29.8. The van der Waals surface area contributed by atoms with Crippen LogP contribution in [0.4, 0.5) is 0 Å². The van der Waals surface area contributed by atoms with E-state index in [2.05, 4.69) is 119 Å². The SMILES string of the molecule is CC1(C)CCC(C)(C)c2cc3c(cc21)[C]1c2cc4c(cc2C3c2cc3c(cc21)C(C)(C)CCC3(C)C)C(C)(C)CCC4(C)C. The molecule has 0 unspecified atom stereocenters. The minimum atomic E-state index is 0.201. The summed E-state index contributed by atoms with van der Waals surface area (Å²) in [5.74, 6) is 1.83. The zero-order chi connectivity index (χ0) is 31.6. The topological polar surface area (TPSA) is 0 Å². The fourth-order valence-corrected chi connectivity index (χ4v) is 10.2. The maximum Gasteiger partial charge on any atom is 0.0638 e. The number of fused-ring (bicyclic) bond motifs is 3. The molecule has 9 rings (SSSR count). The molecule has 44 heavy (non-hydrogen) atoms. The third kappa shape index (κ3) is 3.69. The van der Waals surface area contributed by atoms with Crippen LogP contribution in [-0.4, -0.2) is 0 Å². The van der Waals surface area contributed by atoms with E-state index < -0.39 is 0 Å². The third-order valence-corrected chi connectivity index (χ3v) is 13.8. The normalized spacial score (nSPS) is 25.6. The molecule has 1 radical (unpaired) electrons. The van der Waals surface area contributed by atoms with Crippen molar-refractivity contribution in [3.05, 3.63) is 109 Å². The molecule has 0 aromatic heterocycles. The summed E-state index contributed by atoms with van der Waals surface area (Å²) in [5, 5.41) is 0. The number of rotatable bonds is 0. The van der Waals surface area contributed by atoms with Gasteiger partial charge >= 0.3 is 0 Å². The lowest BCUT2D eigenvalue weighted by Gasteiger charge is -2.50. The van der Waals surface area contributed by atoms with Crippen LogP contribution in [0.15, 0.2) is 36.4 Å². The molecule has 0 amide bonds. The molecular weight excluding hydrogens is 528 g/mol. The molecular formula is C44H55. The van der Waals surface area contributed by atoms with E-state index in [4.69, 9.17) is 0 Å². The summed E-state index contributed by atoms with van der Waals surface area (Å²) in [6, 6.07) is 16.1. The maximum absolute atomic E-state index is 2.70. The molecule has 3 aromatic carbocycles. The van der Waals surface area contributed by atoms with Crippen molar-refractivity contribution in [1.29, 1.82) is 0 Å². The van der Waals surface area contributed by atoms with E-state index in [1.165, 1.54) is 61.1 Å². The van der Waals surface area contributed by atoms with Gasteiger partial charge in [-0.15, -0.1) is 0 Å². The van der Waals surface area contributed by atoms with Gasteiger partial charge in [0.2, 0.25) is 0 Å². The average Bonchev–Trinajstić information content (AvgIpc) is 2.94. The molecule has 0 saturated heterocycles. The van der Waals surface area contributed by atoms with Gasteiger partial charge in [-0.05, 0) is 138 Å². The van der Waals surface area contributed by atoms with Gasteiger partial charge < -0.3 is 0 Å². The van der Waals surface area contributed by atoms with Crippen LogP contribution in [0.2, 0.25) is 0 Å². The summed E-state index contributed by atoms with van der Waals surface area (Å²) >= 11 is 0. The van der Waals surface area contributed by atoms with E-state index >= 15 is 0 Å². The van der Waals surface area contributed by atoms with Crippen molar-refractivity contribution in [1.82, 2.24) is 0 Å². The first-order valence-corrected chi connectivity index (χ1v) is 17.7. The molecule has 0 spiro atoms. The second-order valence-electron chi connectivity index (χ2n) is 19.6. The van der Waals surface area contributed by atoms with Crippen molar-refractivity contribution in [3.8, 4) is 0 Å². The van der Waals surface area contributed by atoms with E-state index in [-0.39, 0.29) is 32.5 Å². The monoisotopic (exact) mass is 583 g/mol. The minimum Gasteiger partial charge on any atom is -0.0558 e. The average molecular weight is 584 g/mol. The van der Waals surface area contributed by atoms with Gasteiger partial charge in [0.15, 0.2) is 0 Å². The molecule has 6 aliphatic rings. The third-order valence-electron chi connectivity index (χ3n) is 13.8. The lowest BCUT2D eigenvalue weighted by Crippen LogP contribution is -2.39. The Morgan fingerprint density at radius 1 is 0.341 bits per heavy atom. The minimum absolute atomic E-state index is 0.201. The number of hydrogen-bond donors (Lipinski definition) is 0. The summed E-state index contributed by atoms with van der Waals surface area (Å²) in [6.07, 6.45) is 7.54. The van der Waals surface area contributed by atoms with Crippen molar-refractivity contribution in [3.63, 3.8) is 0 Å². The van der Waals surface area contributed by atoms with Crippen LogP contribution >= 0.6 is 0 Å².